The van der Waals surface area contributed by atoms with Crippen molar-refractivity contribution in [2.24, 2.45) is 4.99 Å². The summed E-state index contributed by atoms with van der Waals surface area (Å²) < 4.78 is 7.03. The van der Waals surface area contributed by atoms with Gasteiger partial charge in [0.15, 0.2) is 0 Å². The van der Waals surface area contributed by atoms with Crippen LogP contribution in [0, 0.1) is 0 Å². The van der Waals surface area contributed by atoms with Crippen LogP contribution in [0.25, 0.3) is 0 Å². The van der Waals surface area contributed by atoms with Crippen molar-refractivity contribution in [1.29, 1.82) is 0 Å². The third kappa shape index (κ3) is 0.0759. The zero-order chi connectivity index (χ0) is 4.22. The van der Waals surface area contributed by atoms with Crippen LogP contribution in [0.15, 0.2) is 22.0 Å². The van der Waals surface area contributed by atoms with Crippen LogP contribution >= 0.6 is 0 Å². The molecule has 0 aromatic heterocycles. The number of hydrogen-bond acceptors (Lipinski definition) is 1. The van der Waals surface area contributed by atoms with E-state index in [1.165, 1.54) is 0 Å². The average Bonchev–Trinajstić information content (AvgIpc) is 2.54. The molecule has 0 saturated carbocycles. The Morgan fingerprint density at radius 3 is 2.57 bits per heavy atom. The van der Waals surface area contributed by atoms with Crippen LogP contribution in [0.2, 0.25) is 0 Å². The SMILES string of the molecule is C1=[C]2[C]3=[C]4[C](=N1)[Sn]234. The topological polar surface area (TPSA) is 12.4 Å². The Morgan fingerprint density at radius 2 is 2.43 bits per heavy atom. The summed E-state index contributed by atoms with van der Waals surface area (Å²) in [7, 11) is 0. The van der Waals surface area contributed by atoms with Crippen molar-refractivity contribution in [3.8, 4) is 0 Å². The third-order valence-corrected chi connectivity index (χ3v) is 13.9. The van der Waals surface area contributed by atoms with Gasteiger partial charge in [0.25, 0.3) is 0 Å². The summed E-state index contributed by atoms with van der Waals surface area (Å²) in [4.78, 5) is 4.25. The van der Waals surface area contributed by atoms with E-state index >= 15 is 0 Å². The normalized spacial score (nSPS) is 52.6. The van der Waals surface area contributed by atoms with Gasteiger partial charge in [-0.2, -0.15) is 0 Å². The Balaban J connectivity index is 2.67. The van der Waals surface area contributed by atoms with Crippen molar-refractivity contribution >= 4 is 22.1 Å². The van der Waals surface area contributed by atoms with Gasteiger partial charge in [-0.15, -0.1) is 0 Å². The fourth-order valence-electron chi connectivity index (χ4n) is 1.81. The van der Waals surface area contributed by atoms with Crippen molar-refractivity contribution in [3.63, 3.8) is 0 Å². The van der Waals surface area contributed by atoms with Crippen LogP contribution in [-0.4, -0.2) is 22.1 Å². The first-order valence-corrected chi connectivity index (χ1v) is 8.23. The van der Waals surface area contributed by atoms with Crippen LogP contribution in [0.1, 0.15) is 0 Å². The Kier molecular flexibility index (Phi) is 0.130. The van der Waals surface area contributed by atoms with Gasteiger partial charge in [0.2, 0.25) is 0 Å². The number of hydrogen-bond donors (Lipinski definition) is 0. The van der Waals surface area contributed by atoms with Gasteiger partial charge in [0, 0.05) is 0 Å². The summed E-state index contributed by atoms with van der Waals surface area (Å²) >= 11 is -1.31. The van der Waals surface area contributed by atoms with E-state index in [1.54, 1.807) is 7.32 Å². The molecule has 1 unspecified atom stereocenters. The molecule has 0 aromatic carbocycles. The zero-order valence-electron chi connectivity index (χ0n) is 3.52. The standard InChI is InChI=1S/C5HN.Sn/c1-2-4-6-5-3-1;/h4H;. The van der Waals surface area contributed by atoms with Crippen LogP contribution in [-0.2, 0) is 0 Å². The van der Waals surface area contributed by atoms with E-state index < -0.39 is 18.4 Å². The molecule has 4 aliphatic heterocycles. The molecule has 2 saturated heterocycles. The minimum atomic E-state index is -1.31. The van der Waals surface area contributed by atoms with Crippen LogP contribution in [0.4, 0.5) is 0 Å². The molecule has 0 bridgehead atoms. The van der Waals surface area contributed by atoms with Gasteiger partial charge in [-0.05, 0) is 0 Å². The average molecular weight is 194 g/mol. The van der Waals surface area contributed by atoms with E-state index in [0.717, 1.165) is 0 Å². The van der Waals surface area contributed by atoms with Crippen LogP contribution in [0.5, 0.6) is 0 Å². The third-order valence-electron chi connectivity index (χ3n) is 2.40. The molecule has 1 nitrogen and oxygen atoms in total. The number of nitrogens with zero attached hydrogens (tertiary/aromatic N) is 1. The second-order valence-electron chi connectivity index (χ2n) is 2.52. The van der Waals surface area contributed by atoms with Crippen molar-refractivity contribution in [2.75, 3.05) is 0 Å². The molecule has 0 amide bonds. The molecule has 0 aliphatic carbocycles. The van der Waals surface area contributed by atoms with E-state index in [-0.39, 0.29) is 0 Å². The fraction of sp³-hybridized carbons (Fsp3) is 0. The number of fused-ring (bicyclic) bond motifs is 2. The van der Waals surface area contributed by atoms with Gasteiger partial charge in [-0.25, -0.2) is 0 Å². The summed E-state index contributed by atoms with van der Waals surface area (Å²) in [5.41, 5.74) is 0. The predicted molar refractivity (Wildman–Crippen MR) is 28.3 cm³/mol. The van der Waals surface area contributed by atoms with E-state index in [4.69, 9.17) is 0 Å². The molecule has 1 atom stereocenters. The first-order chi connectivity index (χ1) is 3.47. The summed E-state index contributed by atoms with van der Waals surface area (Å²) in [6.07, 6.45) is 2.10. The van der Waals surface area contributed by atoms with Crippen molar-refractivity contribution < 1.29 is 0 Å². The molecular formula is C5HNSn. The second kappa shape index (κ2) is 0.366. The first kappa shape index (κ1) is 2.48. The second-order valence-corrected chi connectivity index (χ2v) is 12.5. The molecule has 2 fully saturated rings. The van der Waals surface area contributed by atoms with Crippen LogP contribution in [0.3, 0.4) is 0 Å². The quantitative estimate of drug-likeness (QED) is 0.490. The zero-order valence-corrected chi connectivity index (χ0v) is 6.38. The summed E-state index contributed by atoms with van der Waals surface area (Å²) in [5, 5.41) is 0. The Hall–Kier alpha value is -0.0513. The molecule has 0 radical (unpaired) electrons. The molecule has 7 heavy (non-hydrogen) atoms. The fourth-order valence-corrected chi connectivity index (χ4v) is 18.2. The molecule has 4 rings (SSSR count). The molecule has 1 spiro atoms. The van der Waals surface area contributed by atoms with E-state index in [9.17, 15) is 0 Å². The van der Waals surface area contributed by atoms with Crippen molar-refractivity contribution in [2.45, 2.75) is 0 Å². The van der Waals surface area contributed by atoms with Gasteiger partial charge >= 0.3 is 44.1 Å². The summed E-state index contributed by atoms with van der Waals surface area (Å²) in [6, 6.07) is 0. The Labute approximate surface area is 44.3 Å². The van der Waals surface area contributed by atoms with E-state index in [0.29, 0.717) is 0 Å². The van der Waals surface area contributed by atoms with Crippen molar-refractivity contribution in [1.82, 2.24) is 0 Å². The van der Waals surface area contributed by atoms with Gasteiger partial charge in [0.1, 0.15) is 0 Å². The van der Waals surface area contributed by atoms with E-state index in [2.05, 4.69) is 11.2 Å². The maximum absolute atomic E-state index is 4.25. The maximum atomic E-state index is 4.25. The number of aliphatic imine (C=N–C) groups is 1. The number of allylic oxidation sites excluding steroid dienone is 3. The van der Waals surface area contributed by atoms with Gasteiger partial charge in [-0.1, -0.05) is 0 Å². The van der Waals surface area contributed by atoms with Crippen LogP contribution < -0.4 is 0 Å². The molecule has 4 aliphatic rings. The molecule has 0 N–H and O–H groups in total. The van der Waals surface area contributed by atoms with Gasteiger partial charge < -0.3 is 0 Å². The molecule has 30 valence electrons. The summed E-state index contributed by atoms with van der Waals surface area (Å²) in [5.74, 6) is 0. The number of rotatable bonds is 0. The van der Waals surface area contributed by atoms with Gasteiger partial charge in [0.05, 0.1) is 0 Å². The molecular weight excluding hydrogens is 193 g/mol. The molecule has 0 aromatic rings. The molecule has 2 heteroatoms. The minimum absolute atomic E-state index is 1.31. The monoisotopic (exact) mass is 195 g/mol. The molecule has 4 heterocycles. The van der Waals surface area contributed by atoms with Gasteiger partial charge in [-0.3, -0.25) is 0 Å². The Bertz CT molecular complexity index is 267. The van der Waals surface area contributed by atoms with E-state index in [1.807, 2.05) is 7.18 Å². The Morgan fingerprint density at radius 1 is 1.43 bits per heavy atom. The first-order valence-electron chi connectivity index (χ1n) is 2.52. The summed E-state index contributed by atoms with van der Waals surface area (Å²) in [6.45, 7) is 0. The predicted octanol–water partition coefficient (Wildman–Crippen LogP) is 0.268. The van der Waals surface area contributed by atoms with Crippen molar-refractivity contribution in [3.05, 3.63) is 17.0 Å².